The van der Waals surface area contributed by atoms with E-state index in [0.29, 0.717) is 13.1 Å². The molecule has 2 aliphatic rings. The van der Waals surface area contributed by atoms with Gasteiger partial charge in [-0.2, -0.15) is 0 Å². The Morgan fingerprint density at radius 3 is 1.84 bits per heavy atom. The van der Waals surface area contributed by atoms with Crippen LogP contribution in [0.3, 0.4) is 0 Å². The zero-order chi connectivity index (χ0) is 31.9. The van der Waals surface area contributed by atoms with Gasteiger partial charge in [0.2, 0.25) is 0 Å². The van der Waals surface area contributed by atoms with Crippen molar-refractivity contribution in [1.82, 2.24) is 29.7 Å². The number of allylic oxidation sites excluding steroid dienone is 1. The molecule has 0 spiro atoms. The van der Waals surface area contributed by atoms with Crippen LogP contribution in [0.5, 0.6) is 0 Å². The first kappa shape index (κ1) is 30.7. The van der Waals surface area contributed by atoms with E-state index in [1.807, 2.05) is 53.7 Å². The molecule has 2 aliphatic heterocycles. The molecule has 0 aliphatic carbocycles. The number of hydrogen-bond acceptors (Lipinski definition) is 6. The molecular weight excluding hydrogens is 568 g/mol. The lowest BCUT2D eigenvalue weighted by molar-refractivity contribution is 0.0208. The van der Waals surface area contributed by atoms with Crippen molar-refractivity contribution in [3.63, 3.8) is 0 Å². The fourth-order valence-electron chi connectivity index (χ4n) is 6.18. The predicted octanol–water partition coefficient (Wildman–Crippen LogP) is 7.84. The number of carbonyl (C=O) groups excluding carboxylic acids is 2. The Morgan fingerprint density at radius 1 is 0.800 bits per heavy atom. The summed E-state index contributed by atoms with van der Waals surface area (Å²) in [6.45, 7) is 12.7. The lowest BCUT2D eigenvalue weighted by Crippen LogP contribution is -2.36. The number of aromatic nitrogens is 4. The van der Waals surface area contributed by atoms with E-state index >= 15 is 0 Å². The van der Waals surface area contributed by atoms with Crippen molar-refractivity contribution in [1.29, 1.82) is 0 Å². The first-order valence-electron chi connectivity index (χ1n) is 16.0. The van der Waals surface area contributed by atoms with Gasteiger partial charge < -0.3 is 19.4 Å². The third-order valence-corrected chi connectivity index (χ3v) is 8.15. The molecule has 2 saturated heterocycles. The molecule has 238 valence electrons. The molecule has 0 bridgehead atoms. The van der Waals surface area contributed by atoms with Crippen LogP contribution >= 0.6 is 0 Å². The van der Waals surface area contributed by atoms with Crippen LogP contribution in [0.2, 0.25) is 0 Å². The number of nitrogens with one attached hydrogen (secondary N) is 2. The monoisotopic (exact) mass is 612 g/mol. The van der Waals surface area contributed by atoms with Gasteiger partial charge in [-0.05, 0) is 109 Å². The standard InChI is InChI=1S/C35H44N6O4/c1-34(2,3)44-32(42)40-18-8-12-28(40)30-36-24-16-14-22(20-26(24)38-30)10-7-11-23-15-17-25-27(21-23)39-31(37-25)29-13-9-19-41(29)33(43)45-35(4,5)6/h7,10,14-17,20-21,28-29H,8-9,11-13,18-19H2,1-6H3,(H,36,38)(H,37,39)/b10-7+/t28-,29-/m0/s1. The second kappa shape index (κ2) is 11.9. The maximum Gasteiger partial charge on any atom is 0.410 e. The molecule has 2 aromatic heterocycles. The number of imidazole rings is 2. The van der Waals surface area contributed by atoms with Gasteiger partial charge >= 0.3 is 12.2 Å². The first-order chi connectivity index (χ1) is 21.3. The average molecular weight is 613 g/mol. The number of benzene rings is 2. The van der Waals surface area contributed by atoms with Gasteiger partial charge in [-0.1, -0.05) is 24.3 Å². The van der Waals surface area contributed by atoms with Crippen molar-refractivity contribution in [2.24, 2.45) is 0 Å². The number of H-pyrrole nitrogens is 2. The maximum atomic E-state index is 12.8. The minimum absolute atomic E-state index is 0.109. The highest BCUT2D eigenvalue weighted by Crippen LogP contribution is 2.34. The highest BCUT2D eigenvalue weighted by atomic mass is 16.6. The summed E-state index contributed by atoms with van der Waals surface area (Å²) >= 11 is 0. The topological polar surface area (TPSA) is 116 Å². The van der Waals surface area contributed by atoms with E-state index in [2.05, 4.69) is 46.4 Å². The lowest BCUT2D eigenvalue weighted by Gasteiger charge is -2.27. The van der Waals surface area contributed by atoms with Crippen molar-refractivity contribution < 1.29 is 19.1 Å². The Kier molecular flexibility index (Phi) is 8.09. The first-order valence-corrected chi connectivity index (χ1v) is 16.0. The number of fused-ring (bicyclic) bond motifs is 2. The van der Waals surface area contributed by atoms with Crippen molar-refractivity contribution in [2.75, 3.05) is 13.1 Å². The smallest absolute Gasteiger partial charge is 0.410 e. The molecule has 0 unspecified atom stereocenters. The third kappa shape index (κ3) is 7.00. The van der Waals surface area contributed by atoms with Crippen LogP contribution < -0.4 is 0 Å². The number of hydrogen-bond donors (Lipinski definition) is 2. The highest BCUT2D eigenvalue weighted by molar-refractivity contribution is 5.79. The maximum absolute atomic E-state index is 12.8. The van der Waals surface area contributed by atoms with E-state index in [0.717, 1.165) is 76.9 Å². The van der Waals surface area contributed by atoms with Crippen molar-refractivity contribution >= 4 is 40.3 Å². The average Bonchev–Trinajstić information content (AvgIpc) is 3.75. The number of carbonyl (C=O) groups is 2. The molecule has 0 radical (unpaired) electrons. The molecule has 0 saturated carbocycles. The SMILES string of the molecule is CC(C)(C)OC(=O)N1CCC[C@H]1c1nc2ccc(/C=C/Cc3ccc4nc([C@@H]5CCCN5C(=O)OC(C)(C)C)[nH]c4c3)cc2[nH]1. The van der Waals surface area contributed by atoms with Gasteiger partial charge in [0, 0.05) is 13.1 Å². The normalized spacial score (nSPS) is 19.3. The molecule has 2 atom stereocenters. The molecule has 10 nitrogen and oxygen atoms in total. The molecular formula is C35H44N6O4. The van der Waals surface area contributed by atoms with Gasteiger partial charge in [0.15, 0.2) is 0 Å². The second-order valence-corrected chi connectivity index (χ2v) is 14.1. The lowest BCUT2D eigenvalue weighted by atomic mass is 10.1. The van der Waals surface area contributed by atoms with Gasteiger partial charge in [-0.25, -0.2) is 19.6 Å². The summed E-state index contributed by atoms with van der Waals surface area (Å²) in [6, 6.07) is 12.2. The van der Waals surface area contributed by atoms with Gasteiger partial charge in [0.05, 0.1) is 34.2 Å². The van der Waals surface area contributed by atoms with Gasteiger partial charge in [0.25, 0.3) is 0 Å². The van der Waals surface area contributed by atoms with Crippen molar-refractivity contribution in [3.8, 4) is 0 Å². The Balaban J connectivity index is 1.12. The molecule has 4 heterocycles. The van der Waals surface area contributed by atoms with Gasteiger partial charge in [0.1, 0.15) is 22.9 Å². The summed E-state index contributed by atoms with van der Waals surface area (Å²) < 4.78 is 11.3. The summed E-state index contributed by atoms with van der Waals surface area (Å²) in [6.07, 6.45) is 8.01. The summed E-state index contributed by atoms with van der Waals surface area (Å²) in [5.74, 6) is 1.61. The van der Waals surface area contributed by atoms with Gasteiger partial charge in [-0.15, -0.1) is 0 Å². The van der Waals surface area contributed by atoms with Crippen LogP contribution in [-0.4, -0.2) is 66.2 Å². The molecule has 4 aromatic rings. The fraction of sp³-hybridized carbons (Fsp3) is 0.486. The Labute approximate surface area is 264 Å². The largest absolute Gasteiger partial charge is 0.444 e. The fourth-order valence-corrected chi connectivity index (χ4v) is 6.18. The van der Waals surface area contributed by atoms with Crippen LogP contribution in [-0.2, 0) is 15.9 Å². The van der Waals surface area contributed by atoms with Crippen LogP contribution in [0.4, 0.5) is 9.59 Å². The van der Waals surface area contributed by atoms with E-state index < -0.39 is 11.2 Å². The minimum atomic E-state index is -0.535. The molecule has 10 heteroatoms. The van der Waals surface area contributed by atoms with Crippen LogP contribution in [0.15, 0.2) is 42.5 Å². The summed E-state index contributed by atoms with van der Waals surface area (Å²) in [5, 5.41) is 0. The number of amides is 2. The molecule has 2 fully saturated rings. The van der Waals surface area contributed by atoms with Crippen molar-refractivity contribution in [2.45, 2.75) is 96.9 Å². The number of likely N-dealkylation sites (tertiary alicyclic amines) is 2. The molecule has 2 aromatic carbocycles. The number of nitrogens with zero attached hydrogens (tertiary/aromatic N) is 4. The Morgan fingerprint density at radius 2 is 1.31 bits per heavy atom. The summed E-state index contributed by atoms with van der Waals surface area (Å²) in [7, 11) is 0. The second-order valence-electron chi connectivity index (χ2n) is 14.1. The zero-order valence-corrected chi connectivity index (χ0v) is 27.1. The predicted molar refractivity (Wildman–Crippen MR) is 175 cm³/mol. The van der Waals surface area contributed by atoms with E-state index in [-0.39, 0.29) is 24.3 Å². The molecule has 2 N–H and O–H groups in total. The summed E-state index contributed by atoms with van der Waals surface area (Å²) in [4.78, 5) is 45.7. The zero-order valence-electron chi connectivity index (χ0n) is 27.1. The Hall–Kier alpha value is -4.34. The number of ether oxygens (including phenoxy) is 2. The van der Waals surface area contributed by atoms with Crippen LogP contribution in [0.1, 0.15) is 102 Å². The van der Waals surface area contributed by atoms with Crippen molar-refractivity contribution in [3.05, 3.63) is 65.2 Å². The Bertz CT molecular complexity index is 1740. The number of rotatable bonds is 5. The van der Waals surface area contributed by atoms with E-state index in [4.69, 9.17) is 19.4 Å². The third-order valence-electron chi connectivity index (χ3n) is 8.15. The van der Waals surface area contributed by atoms with Gasteiger partial charge in [-0.3, -0.25) is 9.80 Å². The van der Waals surface area contributed by atoms with E-state index in [1.54, 1.807) is 9.80 Å². The van der Waals surface area contributed by atoms with E-state index in [1.165, 1.54) is 0 Å². The quantitative estimate of drug-likeness (QED) is 0.237. The minimum Gasteiger partial charge on any atom is -0.444 e. The molecule has 45 heavy (non-hydrogen) atoms. The highest BCUT2D eigenvalue weighted by Gasteiger charge is 2.36. The number of aromatic amines is 2. The molecule has 2 amide bonds. The van der Waals surface area contributed by atoms with Crippen LogP contribution in [0.25, 0.3) is 28.1 Å². The molecule has 6 rings (SSSR count). The van der Waals surface area contributed by atoms with E-state index in [9.17, 15) is 9.59 Å². The summed E-state index contributed by atoms with van der Waals surface area (Å²) in [5.41, 5.74) is 4.85. The van der Waals surface area contributed by atoms with Crippen LogP contribution in [0, 0.1) is 0 Å².